The van der Waals surface area contributed by atoms with E-state index in [2.05, 4.69) is 15.7 Å². The maximum atomic E-state index is 14.2. The number of hydrogen-bond donors (Lipinski definition) is 4. The van der Waals surface area contributed by atoms with E-state index in [0.717, 1.165) is 89.9 Å². The summed E-state index contributed by atoms with van der Waals surface area (Å²) in [6, 6.07) is -1.94. The van der Waals surface area contributed by atoms with Gasteiger partial charge in [-0.05, 0) is 89.7 Å². The molecule has 0 radical (unpaired) electrons. The van der Waals surface area contributed by atoms with Crippen molar-refractivity contribution in [2.24, 2.45) is 23.5 Å². The third-order valence-electron chi connectivity index (χ3n) is 10.2. The van der Waals surface area contributed by atoms with Crippen molar-refractivity contribution in [1.82, 2.24) is 20.6 Å². The molecule has 0 aromatic carbocycles. The summed E-state index contributed by atoms with van der Waals surface area (Å²) < 4.78 is 5.67. The molecule has 0 aromatic heterocycles. The molecule has 0 bridgehead atoms. The highest BCUT2D eigenvalue weighted by Gasteiger charge is 2.45. The number of nitrogens with two attached hydrogens (primary N) is 1. The zero-order chi connectivity index (χ0) is 31.1. The number of likely N-dealkylation sites (tertiary alicyclic amines) is 1. The van der Waals surface area contributed by atoms with Crippen LogP contribution in [-0.2, 0) is 23.9 Å². The van der Waals surface area contributed by atoms with Crippen LogP contribution in [0, 0.1) is 17.8 Å². The number of esters is 1. The SMILES string of the molecule is NC(=O)C(=O)C(CC1CC1)NP=CC1CCCN1C(=O)C(NC(=O)NC1(C(=O)OCC2CC2)CCCCC1)C1CCCCC1. The molecule has 4 aliphatic carbocycles. The zero-order valence-electron chi connectivity index (χ0n) is 25.9. The van der Waals surface area contributed by atoms with E-state index in [1.807, 2.05) is 10.7 Å². The standard InChI is InChI=1S/C32H50N5O6P/c33-28(39)27(38)25(18-21-11-12-21)36-44-20-24-10-7-17-37(24)29(40)26(23-8-3-1-4-9-23)34-31(42)35-32(15-5-2-6-16-32)30(41)43-19-22-13-14-22/h20-26,36H,1-19H2,(H2,33,39)(H2,34,35,42). The van der Waals surface area contributed by atoms with Gasteiger partial charge in [-0.3, -0.25) is 19.5 Å². The van der Waals surface area contributed by atoms with E-state index in [9.17, 15) is 24.0 Å². The number of primary amides is 1. The first kappa shape index (κ1) is 32.9. The van der Waals surface area contributed by atoms with E-state index in [1.54, 1.807) is 0 Å². The van der Waals surface area contributed by atoms with Crippen molar-refractivity contribution in [1.29, 1.82) is 0 Å². The van der Waals surface area contributed by atoms with Crippen LogP contribution in [0.2, 0.25) is 0 Å². The Kier molecular flexibility index (Phi) is 11.3. The van der Waals surface area contributed by atoms with E-state index < -0.39 is 35.3 Å². The van der Waals surface area contributed by atoms with Gasteiger partial charge in [0.15, 0.2) is 0 Å². The molecule has 3 unspecified atom stereocenters. The molecule has 11 nitrogen and oxygen atoms in total. The lowest BCUT2D eigenvalue weighted by Gasteiger charge is -2.38. The van der Waals surface area contributed by atoms with Crippen LogP contribution in [0.25, 0.3) is 0 Å². The molecule has 4 amide bonds. The van der Waals surface area contributed by atoms with Crippen molar-refractivity contribution in [2.45, 2.75) is 133 Å². The molecule has 5 N–H and O–H groups in total. The number of ketones is 1. The van der Waals surface area contributed by atoms with Gasteiger partial charge in [-0.2, -0.15) is 0 Å². The predicted molar refractivity (Wildman–Crippen MR) is 168 cm³/mol. The fraction of sp³-hybridized carbons (Fsp3) is 0.812. The molecule has 1 saturated heterocycles. The fourth-order valence-corrected chi connectivity index (χ4v) is 8.06. The Morgan fingerprint density at radius 2 is 1.57 bits per heavy atom. The van der Waals surface area contributed by atoms with Gasteiger partial charge >= 0.3 is 12.0 Å². The molecule has 1 aliphatic heterocycles. The molecule has 44 heavy (non-hydrogen) atoms. The highest BCUT2D eigenvalue weighted by atomic mass is 31.1. The van der Waals surface area contributed by atoms with E-state index >= 15 is 0 Å². The number of carbonyl (C=O) groups is 5. The van der Waals surface area contributed by atoms with Crippen LogP contribution in [0.15, 0.2) is 0 Å². The number of Topliss-reactive ketones (excluding diaryl/α,β-unsaturated/α-hetero) is 1. The maximum absolute atomic E-state index is 14.2. The Morgan fingerprint density at radius 1 is 0.886 bits per heavy atom. The Hall–Kier alpha value is -2.52. The molecule has 0 spiro atoms. The Bertz CT molecular complexity index is 1100. The monoisotopic (exact) mass is 631 g/mol. The smallest absolute Gasteiger partial charge is 0.331 e. The molecule has 3 atom stereocenters. The van der Waals surface area contributed by atoms with Gasteiger partial charge in [0.05, 0.1) is 18.7 Å². The van der Waals surface area contributed by atoms with Crippen molar-refractivity contribution < 1.29 is 28.7 Å². The minimum atomic E-state index is -1.05. The average Bonchev–Trinajstić information content (AvgIpc) is 3.97. The van der Waals surface area contributed by atoms with Crippen LogP contribution in [0.5, 0.6) is 0 Å². The molecular formula is C32H50N5O6P. The van der Waals surface area contributed by atoms with Gasteiger partial charge in [0, 0.05) is 6.54 Å². The zero-order valence-corrected chi connectivity index (χ0v) is 26.8. The number of amides is 4. The van der Waals surface area contributed by atoms with E-state index in [-0.39, 0.29) is 23.8 Å². The van der Waals surface area contributed by atoms with Crippen molar-refractivity contribution >= 4 is 43.7 Å². The summed E-state index contributed by atoms with van der Waals surface area (Å²) in [5, 5.41) is 9.22. The number of nitrogens with zero attached hydrogens (tertiary/aromatic N) is 1. The number of nitrogens with one attached hydrogen (secondary N) is 3. The maximum Gasteiger partial charge on any atom is 0.331 e. The van der Waals surface area contributed by atoms with Crippen LogP contribution in [-0.4, -0.2) is 77.1 Å². The number of hydrogen-bond acceptors (Lipinski definition) is 7. The van der Waals surface area contributed by atoms with Gasteiger partial charge < -0.3 is 26.0 Å². The van der Waals surface area contributed by atoms with Crippen molar-refractivity contribution in [3.63, 3.8) is 0 Å². The lowest BCUT2D eigenvalue weighted by Crippen LogP contribution is -2.62. The molecule has 5 rings (SSSR count). The van der Waals surface area contributed by atoms with E-state index in [0.29, 0.717) is 52.6 Å². The molecule has 5 aliphatic rings. The molecule has 4 saturated carbocycles. The second-order valence-electron chi connectivity index (χ2n) is 13.8. The summed E-state index contributed by atoms with van der Waals surface area (Å²) >= 11 is 0. The third kappa shape index (κ3) is 8.81. The lowest BCUT2D eigenvalue weighted by atomic mass is 9.81. The van der Waals surface area contributed by atoms with Crippen molar-refractivity contribution in [2.75, 3.05) is 13.2 Å². The number of ether oxygens (including phenoxy) is 1. The van der Waals surface area contributed by atoms with E-state index in [1.165, 1.54) is 0 Å². The summed E-state index contributed by atoms with van der Waals surface area (Å²) in [5.74, 6) is 0.904. The molecule has 244 valence electrons. The van der Waals surface area contributed by atoms with Gasteiger partial charge in [0.1, 0.15) is 11.6 Å². The van der Waals surface area contributed by atoms with Crippen LogP contribution in [0.4, 0.5) is 4.79 Å². The number of rotatable bonds is 14. The Balaban J connectivity index is 1.25. The quantitative estimate of drug-likeness (QED) is 0.130. The average molecular weight is 632 g/mol. The van der Waals surface area contributed by atoms with Gasteiger partial charge in [0.2, 0.25) is 11.7 Å². The van der Waals surface area contributed by atoms with Crippen LogP contribution in [0.1, 0.15) is 109 Å². The largest absolute Gasteiger partial charge is 0.464 e. The summed E-state index contributed by atoms with van der Waals surface area (Å²) in [6.07, 6.45) is 15.2. The Labute approximate surface area is 262 Å². The second kappa shape index (κ2) is 15.2. The molecule has 5 fully saturated rings. The van der Waals surface area contributed by atoms with Crippen LogP contribution in [0.3, 0.4) is 0 Å². The van der Waals surface area contributed by atoms with Gasteiger partial charge in [-0.15, -0.1) is 0 Å². The third-order valence-corrected chi connectivity index (χ3v) is 11.1. The fourth-order valence-electron chi connectivity index (χ4n) is 7.09. The minimum Gasteiger partial charge on any atom is -0.464 e. The first-order valence-corrected chi connectivity index (χ1v) is 17.9. The summed E-state index contributed by atoms with van der Waals surface area (Å²) in [4.78, 5) is 66.8. The summed E-state index contributed by atoms with van der Waals surface area (Å²) in [5.41, 5.74) is 4.24. The van der Waals surface area contributed by atoms with Gasteiger partial charge in [-0.1, -0.05) is 51.4 Å². The summed E-state index contributed by atoms with van der Waals surface area (Å²) in [7, 11) is 0.664. The van der Waals surface area contributed by atoms with Crippen molar-refractivity contribution in [3.05, 3.63) is 0 Å². The lowest BCUT2D eigenvalue weighted by molar-refractivity contribution is -0.153. The predicted octanol–water partition coefficient (Wildman–Crippen LogP) is 3.36. The normalized spacial score (nSPS) is 25.3. The van der Waals surface area contributed by atoms with Gasteiger partial charge in [0.25, 0.3) is 5.91 Å². The summed E-state index contributed by atoms with van der Waals surface area (Å²) in [6.45, 7) is 0.997. The van der Waals surface area contributed by atoms with E-state index in [4.69, 9.17) is 10.5 Å². The second-order valence-corrected chi connectivity index (χ2v) is 14.6. The van der Waals surface area contributed by atoms with Crippen LogP contribution >= 0.6 is 8.35 Å². The molecular weight excluding hydrogens is 581 g/mol. The first-order valence-electron chi connectivity index (χ1n) is 16.9. The molecule has 12 heteroatoms. The number of carbonyl (C=O) groups excluding carboxylic acids is 5. The highest BCUT2D eigenvalue weighted by Crippen LogP contribution is 2.35. The van der Waals surface area contributed by atoms with Gasteiger partial charge in [-0.25, -0.2) is 9.59 Å². The molecule has 0 aromatic rings. The number of urea groups is 1. The molecule has 1 heterocycles. The Morgan fingerprint density at radius 3 is 2.23 bits per heavy atom. The minimum absolute atomic E-state index is 0.0270. The highest BCUT2D eigenvalue weighted by molar-refractivity contribution is 7.36. The topological polar surface area (TPSA) is 160 Å². The van der Waals surface area contributed by atoms with Crippen LogP contribution < -0.4 is 21.5 Å². The first-order chi connectivity index (χ1) is 21.3. The van der Waals surface area contributed by atoms with Crippen molar-refractivity contribution in [3.8, 4) is 0 Å².